The van der Waals surface area contributed by atoms with Gasteiger partial charge in [-0.25, -0.2) is 13.4 Å². The molecule has 1 N–H and O–H groups in total. The Bertz CT molecular complexity index is 1610. The number of fused-ring (bicyclic) bond motifs is 1. The lowest BCUT2D eigenvalue weighted by Crippen LogP contribution is -2.50. The largest absolute Gasteiger partial charge is 0.458 e. The summed E-state index contributed by atoms with van der Waals surface area (Å²) in [4.78, 5) is 26.9. The Hall–Kier alpha value is -3.47. The van der Waals surface area contributed by atoms with E-state index in [4.69, 9.17) is 16.3 Å². The van der Waals surface area contributed by atoms with Gasteiger partial charge in [-0.15, -0.1) is 0 Å². The number of nitrogens with zero attached hydrogens (tertiary/aromatic N) is 4. The molecule has 1 fully saturated rings. The third kappa shape index (κ3) is 5.38. The van der Waals surface area contributed by atoms with Crippen molar-refractivity contribution in [3.63, 3.8) is 0 Å². The number of ether oxygens (including phenoxy) is 1. The van der Waals surface area contributed by atoms with Gasteiger partial charge in [0.2, 0.25) is 0 Å². The van der Waals surface area contributed by atoms with Crippen LogP contribution in [0.3, 0.4) is 0 Å². The fourth-order valence-corrected chi connectivity index (χ4v) is 5.98. The second-order valence-electron chi connectivity index (χ2n) is 10.0. The van der Waals surface area contributed by atoms with Crippen LogP contribution in [0.5, 0.6) is 6.01 Å². The van der Waals surface area contributed by atoms with Crippen LogP contribution < -0.4 is 4.74 Å². The number of hydrogen-bond acceptors (Lipinski definition) is 6. The third-order valence-electron chi connectivity index (χ3n) is 6.17. The number of piperazine rings is 1. The molecule has 4 aromatic rings. The lowest BCUT2D eigenvalue weighted by molar-refractivity contribution is 0.0698. The van der Waals surface area contributed by atoms with Crippen molar-refractivity contribution < 1.29 is 17.9 Å². The van der Waals surface area contributed by atoms with Gasteiger partial charge >= 0.3 is 6.01 Å². The summed E-state index contributed by atoms with van der Waals surface area (Å²) in [5, 5.41) is 1.37. The van der Waals surface area contributed by atoms with Crippen LogP contribution in [-0.2, 0) is 10.0 Å². The minimum absolute atomic E-state index is 0.108. The topological polar surface area (TPSA) is 108 Å². The maximum absolute atomic E-state index is 13.5. The molecule has 1 amide bonds. The average molecular weight is 554 g/mol. The number of halogens is 1. The molecule has 3 heterocycles. The number of benzene rings is 2. The molecule has 0 unspecified atom stereocenters. The number of H-pyrrole nitrogens is 1. The first-order valence-corrected chi connectivity index (χ1v) is 14.0. The molecule has 1 aliphatic rings. The Morgan fingerprint density at radius 2 is 1.76 bits per heavy atom. The van der Waals surface area contributed by atoms with Crippen molar-refractivity contribution in [3.05, 3.63) is 71.4 Å². The van der Waals surface area contributed by atoms with E-state index in [9.17, 15) is 13.2 Å². The van der Waals surface area contributed by atoms with Crippen LogP contribution in [0.1, 0.15) is 31.1 Å². The first-order valence-electron chi connectivity index (χ1n) is 12.2. The highest BCUT2D eigenvalue weighted by atomic mass is 35.5. The van der Waals surface area contributed by atoms with Gasteiger partial charge in [0, 0.05) is 59.4 Å². The van der Waals surface area contributed by atoms with Crippen molar-refractivity contribution in [1.82, 2.24) is 24.2 Å². The second-order valence-corrected chi connectivity index (χ2v) is 12.4. The minimum Gasteiger partial charge on any atom is -0.458 e. The van der Waals surface area contributed by atoms with Gasteiger partial charge in [0.25, 0.3) is 15.9 Å². The summed E-state index contributed by atoms with van der Waals surface area (Å²) in [6.45, 7) is 6.63. The van der Waals surface area contributed by atoms with E-state index in [-0.39, 0.29) is 43.1 Å². The van der Waals surface area contributed by atoms with E-state index < -0.39 is 15.6 Å². The molecule has 1 aliphatic heterocycles. The standard InChI is InChI=1S/C27H28ClN5O4S/c1-27(2,3)37-26-29-11-10-23(31-26)20-6-4-5-7-21(20)25(34)32-12-14-33(15-13-32)38(35,36)24-17-18-16-19(28)8-9-22(18)30-24/h4-11,16-17,30H,12-15H2,1-3H3. The lowest BCUT2D eigenvalue weighted by atomic mass is 10.0. The number of aromatic nitrogens is 3. The predicted molar refractivity (Wildman–Crippen MR) is 146 cm³/mol. The van der Waals surface area contributed by atoms with Gasteiger partial charge in [0.1, 0.15) is 10.6 Å². The number of aromatic amines is 1. The van der Waals surface area contributed by atoms with E-state index in [1.807, 2.05) is 32.9 Å². The predicted octanol–water partition coefficient (Wildman–Crippen LogP) is 4.60. The Morgan fingerprint density at radius 3 is 2.50 bits per heavy atom. The highest BCUT2D eigenvalue weighted by Crippen LogP contribution is 2.27. The van der Waals surface area contributed by atoms with Crippen molar-refractivity contribution in [2.24, 2.45) is 0 Å². The Balaban J connectivity index is 1.33. The number of carbonyl (C=O) groups excluding carboxylic acids is 1. The molecule has 11 heteroatoms. The van der Waals surface area contributed by atoms with Crippen LogP contribution in [0.2, 0.25) is 5.02 Å². The number of rotatable bonds is 5. The van der Waals surface area contributed by atoms with E-state index in [0.717, 1.165) is 5.39 Å². The molecule has 0 saturated carbocycles. The SMILES string of the molecule is CC(C)(C)Oc1nccc(-c2ccccc2C(=O)N2CCN(S(=O)(=O)c3cc4cc(Cl)ccc4[nH]3)CC2)n1. The van der Waals surface area contributed by atoms with E-state index in [2.05, 4.69) is 15.0 Å². The number of hydrogen-bond donors (Lipinski definition) is 1. The first kappa shape index (κ1) is 26.1. The second kappa shape index (κ2) is 10.0. The maximum atomic E-state index is 13.5. The van der Waals surface area contributed by atoms with E-state index in [0.29, 0.717) is 27.4 Å². The quantitative estimate of drug-likeness (QED) is 0.387. The molecule has 38 heavy (non-hydrogen) atoms. The fraction of sp³-hybridized carbons (Fsp3) is 0.296. The average Bonchev–Trinajstić information content (AvgIpc) is 3.32. The molecule has 2 aromatic heterocycles. The van der Waals surface area contributed by atoms with Crippen LogP contribution in [0, 0.1) is 0 Å². The summed E-state index contributed by atoms with van der Waals surface area (Å²) in [6, 6.07) is 16.0. The smallest absolute Gasteiger partial charge is 0.317 e. The summed E-state index contributed by atoms with van der Waals surface area (Å²) in [7, 11) is -3.76. The molecule has 2 aromatic carbocycles. The third-order valence-corrected chi connectivity index (χ3v) is 8.22. The Labute approximate surface area is 226 Å². The van der Waals surface area contributed by atoms with Gasteiger partial charge in [-0.2, -0.15) is 9.29 Å². The summed E-state index contributed by atoms with van der Waals surface area (Å²) in [5.41, 5.74) is 1.94. The molecule has 0 spiro atoms. The number of amides is 1. The summed E-state index contributed by atoms with van der Waals surface area (Å²) in [5.74, 6) is -0.185. The van der Waals surface area contributed by atoms with Crippen LogP contribution in [0.15, 0.2) is 65.8 Å². The van der Waals surface area contributed by atoms with E-state index in [1.165, 1.54) is 4.31 Å². The zero-order valence-electron chi connectivity index (χ0n) is 21.3. The monoisotopic (exact) mass is 553 g/mol. The molecule has 9 nitrogen and oxygen atoms in total. The number of sulfonamides is 1. The maximum Gasteiger partial charge on any atom is 0.317 e. The Kier molecular flexibility index (Phi) is 6.89. The van der Waals surface area contributed by atoms with Crippen LogP contribution >= 0.6 is 11.6 Å². The van der Waals surface area contributed by atoms with Crippen molar-refractivity contribution >= 4 is 38.4 Å². The van der Waals surface area contributed by atoms with Gasteiger partial charge in [-0.05, 0) is 57.2 Å². The number of carbonyl (C=O) groups is 1. The number of nitrogens with one attached hydrogen (secondary N) is 1. The van der Waals surface area contributed by atoms with E-state index >= 15 is 0 Å². The summed E-state index contributed by atoms with van der Waals surface area (Å²) in [6.07, 6.45) is 1.60. The lowest BCUT2D eigenvalue weighted by Gasteiger charge is -2.34. The molecule has 0 bridgehead atoms. The Morgan fingerprint density at radius 1 is 1.03 bits per heavy atom. The molecule has 0 aliphatic carbocycles. The molecule has 198 valence electrons. The van der Waals surface area contributed by atoms with Gasteiger partial charge < -0.3 is 14.6 Å². The van der Waals surface area contributed by atoms with Gasteiger partial charge in [-0.3, -0.25) is 4.79 Å². The first-order chi connectivity index (χ1) is 18.0. The van der Waals surface area contributed by atoms with E-state index in [1.54, 1.807) is 53.6 Å². The van der Waals surface area contributed by atoms with Gasteiger partial charge in [0.05, 0.1) is 5.69 Å². The molecule has 1 saturated heterocycles. The molecule has 5 rings (SSSR count). The zero-order valence-corrected chi connectivity index (χ0v) is 22.9. The zero-order chi connectivity index (χ0) is 27.1. The van der Waals surface area contributed by atoms with Gasteiger partial charge in [-0.1, -0.05) is 29.8 Å². The summed E-state index contributed by atoms with van der Waals surface area (Å²) < 4.78 is 33.8. The van der Waals surface area contributed by atoms with Crippen molar-refractivity contribution in [2.75, 3.05) is 26.2 Å². The normalized spacial score (nSPS) is 15.1. The van der Waals surface area contributed by atoms with Crippen LogP contribution in [-0.4, -0.2) is 70.3 Å². The fourth-order valence-electron chi connectivity index (χ4n) is 4.36. The molecular formula is C27H28ClN5O4S. The minimum atomic E-state index is -3.76. The molecule has 0 atom stereocenters. The van der Waals surface area contributed by atoms with Crippen LogP contribution in [0.25, 0.3) is 22.2 Å². The van der Waals surface area contributed by atoms with Crippen LogP contribution in [0.4, 0.5) is 0 Å². The summed E-state index contributed by atoms with van der Waals surface area (Å²) >= 11 is 6.05. The van der Waals surface area contributed by atoms with Gasteiger partial charge in [0.15, 0.2) is 0 Å². The highest BCUT2D eigenvalue weighted by molar-refractivity contribution is 7.89. The molecule has 0 radical (unpaired) electrons. The van der Waals surface area contributed by atoms with Crippen molar-refractivity contribution in [1.29, 1.82) is 0 Å². The highest BCUT2D eigenvalue weighted by Gasteiger charge is 2.32. The van der Waals surface area contributed by atoms with Crippen molar-refractivity contribution in [2.45, 2.75) is 31.4 Å². The molecular weight excluding hydrogens is 526 g/mol. The van der Waals surface area contributed by atoms with Crippen molar-refractivity contribution in [3.8, 4) is 17.3 Å².